The number of aryl methyl sites for hydroxylation is 1. The third-order valence-corrected chi connectivity index (χ3v) is 3.36. The molecule has 1 unspecified atom stereocenters. The van der Waals surface area contributed by atoms with Gasteiger partial charge in [-0.15, -0.1) is 0 Å². The number of carbonyl (C=O) groups is 1. The van der Waals surface area contributed by atoms with Gasteiger partial charge in [-0.3, -0.25) is 4.98 Å². The van der Waals surface area contributed by atoms with Gasteiger partial charge in [0.15, 0.2) is 6.10 Å². The summed E-state index contributed by atoms with van der Waals surface area (Å²) in [6, 6.07) is 16.7. The van der Waals surface area contributed by atoms with Crippen LogP contribution in [0.4, 0.5) is 0 Å². The average Bonchev–Trinajstić information content (AvgIpc) is 3.00. The molecule has 0 aliphatic carbocycles. The fraction of sp³-hybridized carbons (Fsp3) is 0.111. The first-order valence-electron chi connectivity index (χ1n) is 6.96. The van der Waals surface area contributed by atoms with E-state index in [9.17, 15) is 4.79 Å². The SMILES string of the molecule is Cc1occc1C(=O)OC(c1ccccc1)c1ccccn1. The number of carbonyl (C=O) groups excluding carboxylic acids is 1. The Kier molecular flexibility index (Phi) is 4.01. The minimum absolute atomic E-state index is 0.425. The van der Waals surface area contributed by atoms with Crippen molar-refractivity contribution in [1.82, 2.24) is 4.98 Å². The zero-order chi connectivity index (χ0) is 15.4. The van der Waals surface area contributed by atoms with Crippen molar-refractivity contribution in [2.75, 3.05) is 0 Å². The monoisotopic (exact) mass is 293 g/mol. The summed E-state index contributed by atoms with van der Waals surface area (Å²) in [5.41, 5.74) is 1.98. The summed E-state index contributed by atoms with van der Waals surface area (Å²) in [6.45, 7) is 1.73. The maximum atomic E-state index is 12.4. The van der Waals surface area contributed by atoms with Gasteiger partial charge in [-0.05, 0) is 30.7 Å². The average molecular weight is 293 g/mol. The van der Waals surface area contributed by atoms with Crippen LogP contribution < -0.4 is 0 Å². The van der Waals surface area contributed by atoms with Gasteiger partial charge < -0.3 is 9.15 Å². The smallest absolute Gasteiger partial charge is 0.342 e. The number of pyridine rings is 1. The van der Waals surface area contributed by atoms with Crippen molar-refractivity contribution < 1.29 is 13.9 Å². The molecule has 0 saturated carbocycles. The molecule has 1 atom stereocenters. The van der Waals surface area contributed by atoms with E-state index in [0.717, 1.165) is 5.56 Å². The Morgan fingerprint density at radius 2 is 1.86 bits per heavy atom. The molecule has 110 valence electrons. The van der Waals surface area contributed by atoms with E-state index in [1.165, 1.54) is 6.26 Å². The van der Waals surface area contributed by atoms with Gasteiger partial charge in [0.05, 0.1) is 12.0 Å². The van der Waals surface area contributed by atoms with Crippen LogP contribution in [0.25, 0.3) is 0 Å². The molecule has 4 heteroatoms. The normalized spacial score (nSPS) is 11.9. The first kappa shape index (κ1) is 14.1. The van der Waals surface area contributed by atoms with E-state index < -0.39 is 12.1 Å². The van der Waals surface area contributed by atoms with Crippen LogP contribution in [0.15, 0.2) is 71.5 Å². The molecule has 22 heavy (non-hydrogen) atoms. The van der Waals surface area contributed by atoms with Gasteiger partial charge >= 0.3 is 5.97 Å². The van der Waals surface area contributed by atoms with Gasteiger partial charge in [-0.25, -0.2) is 4.79 Å². The number of hydrogen-bond acceptors (Lipinski definition) is 4. The van der Waals surface area contributed by atoms with Crippen molar-refractivity contribution in [2.45, 2.75) is 13.0 Å². The second kappa shape index (κ2) is 6.26. The Morgan fingerprint density at radius 1 is 1.09 bits per heavy atom. The number of aromatic nitrogens is 1. The highest BCUT2D eigenvalue weighted by Crippen LogP contribution is 2.26. The summed E-state index contributed by atoms with van der Waals surface area (Å²) in [5, 5.41) is 0. The zero-order valence-corrected chi connectivity index (χ0v) is 12.1. The fourth-order valence-electron chi connectivity index (χ4n) is 2.23. The molecule has 0 N–H and O–H groups in total. The summed E-state index contributed by atoms with van der Waals surface area (Å²) in [4.78, 5) is 16.7. The van der Waals surface area contributed by atoms with Crippen LogP contribution in [0.1, 0.15) is 33.5 Å². The summed E-state index contributed by atoms with van der Waals surface area (Å²) in [7, 11) is 0. The maximum Gasteiger partial charge on any atom is 0.342 e. The maximum absolute atomic E-state index is 12.4. The predicted octanol–water partition coefficient (Wildman–Crippen LogP) is 3.93. The number of ether oxygens (including phenoxy) is 1. The molecule has 0 spiro atoms. The van der Waals surface area contributed by atoms with Crippen molar-refractivity contribution >= 4 is 5.97 Å². The Morgan fingerprint density at radius 3 is 2.50 bits per heavy atom. The highest BCUT2D eigenvalue weighted by Gasteiger charge is 2.22. The van der Waals surface area contributed by atoms with Gasteiger partial charge in [0.2, 0.25) is 0 Å². The Hall–Kier alpha value is -2.88. The first-order valence-corrected chi connectivity index (χ1v) is 6.96. The molecule has 4 nitrogen and oxygen atoms in total. The van der Waals surface area contributed by atoms with Gasteiger partial charge in [-0.1, -0.05) is 36.4 Å². The molecular weight excluding hydrogens is 278 g/mol. The van der Waals surface area contributed by atoms with Crippen LogP contribution in [-0.4, -0.2) is 11.0 Å². The van der Waals surface area contributed by atoms with Crippen LogP contribution in [-0.2, 0) is 4.74 Å². The minimum atomic E-state index is -0.552. The fourth-order valence-corrected chi connectivity index (χ4v) is 2.23. The first-order chi connectivity index (χ1) is 10.8. The molecule has 0 aliphatic heterocycles. The minimum Gasteiger partial charge on any atom is -0.469 e. The second-order valence-corrected chi connectivity index (χ2v) is 4.84. The summed E-state index contributed by atoms with van der Waals surface area (Å²) < 4.78 is 10.8. The number of rotatable bonds is 4. The van der Waals surface area contributed by atoms with Gasteiger partial charge in [0, 0.05) is 6.20 Å². The largest absolute Gasteiger partial charge is 0.469 e. The molecule has 0 fully saturated rings. The van der Waals surface area contributed by atoms with Gasteiger partial charge in [0.1, 0.15) is 11.3 Å². The van der Waals surface area contributed by atoms with Crippen LogP contribution in [0.3, 0.4) is 0 Å². The van der Waals surface area contributed by atoms with Crippen LogP contribution in [0, 0.1) is 6.92 Å². The lowest BCUT2D eigenvalue weighted by Gasteiger charge is -2.17. The molecular formula is C18H15NO3. The molecule has 0 radical (unpaired) electrons. The van der Waals surface area contributed by atoms with Crippen molar-refractivity contribution in [1.29, 1.82) is 0 Å². The van der Waals surface area contributed by atoms with Gasteiger partial charge in [0.25, 0.3) is 0 Å². The topological polar surface area (TPSA) is 52.3 Å². The standard InChI is InChI=1S/C18H15NO3/c1-13-15(10-12-21-13)18(20)22-17(14-7-3-2-4-8-14)16-9-5-6-11-19-16/h2-12,17H,1H3. The molecule has 2 heterocycles. The van der Waals surface area contributed by atoms with E-state index in [0.29, 0.717) is 17.0 Å². The highest BCUT2D eigenvalue weighted by atomic mass is 16.5. The molecule has 0 bridgehead atoms. The van der Waals surface area contributed by atoms with Crippen LogP contribution in [0.2, 0.25) is 0 Å². The van der Waals surface area contributed by atoms with Crippen molar-refractivity contribution in [2.24, 2.45) is 0 Å². The molecule has 0 amide bonds. The van der Waals surface area contributed by atoms with E-state index in [1.54, 1.807) is 19.2 Å². The highest BCUT2D eigenvalue weighted by molar-refractivity contribution is 5.90. The Bertz CT molecular complexity index is 711. The molecule has 0 saturated heterocycles. The van der Waals surface area contributed by atoms with E-state index >= 15 is 0 Å². The van der Waals surface area contributed by atoms with Gasteiger partial charge in [-0.2, -0.15) is 0 Å². The predicted molar refractivity (Wildman–Crippen MR) is 81.4 cm³/mol. The Balaban J connectivity index is 1.93. The number of hydrogen-bond donors (Lipinski definition) is 0. The Labute approximate surface area is 128 Å². The van der Waals surface area contributed by atoms with E-state index in [4.69, 9.17) is 9.15 Å². The lowest BCUT2D eigenvalue weighted by molar-refractivity contribution is 0.0368. The quantitative estimate of drug-likeness (QED) is 0.684. The lowest BCUT2D eigenvalue weighted by atomic mass is 10.1. The third-order valence-electron chi connectivity index (χ3n) is 3.36. The molecule has 1 aromatic carbocycles. The van der Waals surface area contributed by atoms with Crippen LogP contribution >= 0.6 is 0 Å². The summed E-state index contributed by atoms with van der Waals surface area (Å²) in [6.07, 6.45) is 2.61. The van der Waals surface area contributed by atoms with Crippen molar-refractivity contribution in [3.05, 3.63) is 89.6 Å². The van der Waals surface area contributed by atoms with E-state index in [1.807, 2.05) is 48.5 Å². The molecule has 3 rings (SSSR count). The molecule has 3 aromatic rings. The summed E-state index contributed by atoms with van der Waals surface area (Å²) >= 11 is 0. The zero-order valence-electron chi connectivity index (χ0n) is 12.1. The number of nitrogens with zero attached hydrogens (tertiary/aromatic N) is 1. The van der Waals surface area contributed by atoms with Crippen molar-refractivity contribution in [3.63, 3.8) is 0 Å². The number of benzene rings is 1. The summed E-state index contributed by atoms with van der Waals surface area (Å²) in [5.74, 6) is 0.114. The number of furan rings is 1. The lowest BCUT2D eigenvalue weighted by Crippen LogP contribution is -2.14. The third kappa shape index (κ3) is 2.91. The van der Waals surface area contributed by atoms with E-state index in [2.05, 4.69) is 4.98 Å². The molecule has 0 aliphatic rings. The second-order valence-electron chi connectivity index (χ2n) is 4.84. The molecule has 2 aromatic heterocycles. The van der Waals surface area contributed by atoms with Crippen LogP contribution in [0.5, 0.6) is 0 Å². The number of esters is 1. The van der Waals surface area contributed by atoms with Crippen molar-refractivity contribution in [3.8, 4) is 0 Å². The van der Waals surface area contributed by atoms with E-state index in [-0.39, 0.29) is 0 Å².